The Balaban J connectivity index is 0.00000341. The minimum atomic E-state index is -0.229. The number of nitrogens with one attached hydrogen (secondary N) is 2. The molecule has 1 saturated heterocycles. The van der Waals surface area contributed by atoms with Crippen LogP contribution in [-0.2, 0) is 16.7 Å². The predicted octanol–water partition coefficient (Wildman–Crippen LogP) is 4.65. The van der Waals surface area contributed by atoms with Crippen LogP contribution in [0.25, 0.3) is 0 Å². The van der Waals surface area contributed by atoms with E-state index in [-0.39, 0.29) is 35.2 Å². The van der Waals surface area contributed by atoms with Crippen LogP contribution in [0.4, 0.5) is 4.39 Å². The molecule has 0 spiro atoms. The third kappa shape index (κ3) is 7.07. The third-order valence-corrected chi connectivity index (χ3v) is 5.53. The van der Waals surface area contributed by atoms with Gasteiger partial charge in [-0.15, -0.1) is 24.0 Å². The van der Waals surface area contributed by atoms with E-state index in [1.165, 1.54) is 11.6 Å². The number of halogens is 2. The van der Waals surface area contributed by atoms with E-state index < -0.39 is 0 Å². The first-order valence-electron chi connectivity index (χ1n) is 10.7. The number of aliphatic imine (C=N–C) groups is 1. The molecule has 0 amide bonds. The van der Waals surface area contributed by atoms with Crippen LogP contribution in [0.1, 0.15) is 37.8 Å². The highest BCUT2D eigenvalue weighted by molar-refractivity contribution is 14.0. The maximum absolute atomic E-state index is 13.9. The summed E-state index contributed by atoms with van der Waals surface area (Å²) in [5.41, 5.74) is 1.81. The quantitative estimate of drug-likeness (QED) is 0.291. The maximum atomic E-state index is 13.9. The molecule has 31 heavy (non-hydrogen) atoms. The highest BCUT2D eigenvalue weighted by atomic mass is 127. The summed E-state index contributed by atoms with van der Waals surface area (Å²) in [5, 5.41) is 6.76. The number of rotatable bonds is 8. The van der Waals surface area contributed by atoms with Crippen molar-refractivity contribution in [1.29, 1.82) is 0 Å². The Morgan fingerprint density at radius 2 is 1.77 bits per heavy atom. The van der Waals surface area contributed by atoms with E-state index in [0.717, 1.165) is 44.9 Å². The predicted molar refractivity (Wildman–Crippen MR) is 134 cm³/mol. The van der Waals surface area contributed by atoms with Crippen molar-refractivity contribution in [2.24, 2.45) is 4.99 Å². The molecule has 0 aliphatic carbocycles. The maximum Gasteiger partial charge on any atom is 0.191 e. The summed E-state index contributed by atoms with van der Waals surface area (Å²) >= 11 is 0. The third-order valence-electron chi connectivity index (χ3n) is 5.53. The van der Waals surface area contributed by atoms with Crippen LogP contribution >= 0.6 is 24.0 Å². The van der Waals surface area contributed by atoms with Gasteiger partial charge in [0.25, 0.3) is 0 Å². The number of hydrogen-bond donors (Lipinski definition) is 2. The number of ether oxygens (including phenoxy) is 2. The lowest BCUT2D eigenvalue weighted by Crippen LogP contribution is -2.48. The minimum Gasteiger partial charge on any atom is -0.494 e. The van der Waals surface area contributed by atoms with Gasteiger partial charge < -0.3 is 20.1 Å². The molecule has 1 heterocycles. The zero-order valence-electron chi connectivity index (χ0n) is 18.3. The van der Waals surface area contributed by atoms with Crippen LogP contribution in [0.3, 0.4) is 0 Å². The second-order valence-corrected chi connectivity index (χ2v) is 7.49. The Labute approximate surface area is 201 Å². The zero-order valence-corrected chi connectivity index (χ0v) is 20.7. The lowest BCUT2D eigenvalue weighted by Gasteiger charge is -2.38. The SMILES string of the molecule is CCNC(=NCc1ccccc1F)NCC1(c2ccc(OCC)cc2)CCOCC1.I. The lowest BCUT2D eigenvalue weighted by atomic mass is 9.74. The molecular formula is C24H33FIN3O2. The summed E-state index contributed by atoms with van der Waals surface area (Å²) in [5.74, 6) is 1.35. The summed E-state index contributed by atoms with van der Waals surface area (Å²) in [6.07, 6.45) is 1.86. The highest BCUT2D eigenvalue weighted by Crippen LogP contribution is 2.35. The molecular weight excluding hydrogens is 508 g/mol. The Morgan fingerprint density at radius 1 is 1.06 bits per heavy atom. The van der Waals surface area contributed by atoms with Crippen LogP contribution in [-0.4, -0.2) is 38.9 Å². The molecule has 1 aliphatic rings. The standard InChI is InChI=1S/C24H32FN3O2.HI/c1-3-26-23(27-17-19-7-5-6-8-22(19)25)28-18-24(13-15-29-16-14-24)20-9-11-21(12-10-20)30-4-2;/h5-12H,3-4,13-18H2,1-2H3,(H2,26,27,28);1H. The van der Waals surface area contributed by atoms with Crippen LogP contribution in [0.15, 0.2) is 53.5 Å². The second-order valence-electron chi connectivity index (χ2n) is 7.49. The Morgan fingerprint density at radius 3 is 2.42 bits per heavy atom. The van der Waals surface area contributed by atoms with Crippen molar-refractivity contribution in [3.8, 4) is 5.75 Å². The van der Waals surface area contributed by atoms with Crippen LogP contribution in [0, 0.1) is 5.82 Å². The lowest BCUT2D eigenvalue weighted by molar-refractivity contribution is 0.0513. The van der Waals surface area contributed by atoms with Crippen molar-refractivity contribution in [2.45, 2.75) is 38.6 Å². The Hall–Kier alpha value is -1.87. The summed E-state index contributed by atoms with van der Waals surface area (Å²) in [4.78, 5) is 4.60. The Bertz CT molecular complexity index is 824. The number of hydrogen-bond acceptors (Lipinski definition) is 3. The fraction of sp³-hybridized carbons (Fsp3) is 0.458. The summed E-state index contributed by atoms with van der Waals surface area (Å²) in [6, 6.07) is 15.1. The van der Waals surface area contributed by atoms with Gasteiger partial charge in [0.05, 0.1) is 13.2 Å². The van der Waals surface area contributed by atoms with Crippen LogP contribution in [0.2, 0.25) is 0 Å². The molecule has 1 aliphatic heterocycles. The van der Waals surface area contributed by atoms with Crippen molar-refractivity contribution in [2.75, 3.05) is 32.9 Å². The van der Waals surface area contributed by atoms with Gasteiger partial charge in [-0.05, 0) is 50.5 Å². The second kappa shape index (κ2) is 12.9. The van der Waals surface area contributed by atoms with E-state index in [0.29, 0.717) is 24.7 Å². The van der Waals surface area contributed by atoms with Crippen LogP contribution in [0.5, 0.6) is 5.75 Å². The monoisotopic (exact) mass is 541 g/mol. The van der Waals surface area contributed by atoms with Gasteiger partial charge in [-0.1, -0.05) is 30.3 Å². The molecule has 1 fully saturated rings. The van der Waals surface area contributed by atoms with E-state index in [1.54, 1.807) is 12.1 Å². The van der Waals surface area contributed by atoms with E-state index in [4.69, 9.17) is 9.47 Å². The summed E-state index contributed by atoms with van der Waals surface area (Å²) in [6.45, 7) is 7.90. The molecule has 0 saturated carbocycles. The first-order valence-corrected chi connectivity index (χ1v) is 10.7. The van der Waals surface area contributed by atoms with Gasteiger partial charge in [0.2, 0.25) is 0 Å². The smallest absolute Gasteiger partial charge is 0.191 e. The first kappa shape index (κ1) is 25.4. The molecule has 2 N–H and O–H groups in total. The molecule has 5 nitrogen and oxygen atoms in total. The van der Waals surface area contributed by atoms with Crippen molar-refractivity contribution >= 4 is 29.9 Å². The Kier molecular flexibility index (Phi) is 10.5. The summed E-state index contributed by atoms with van der Waals surface area (Å²) in [7, 11) is 0. The largest absolute Gasteiger partial charge is 0.494 e. The number of nitrogens with zero attached hydrogens (tertiary/aromatic N) is 1. The average Bonchev–Trinajstić information content (AvgIpc) is 2.78. The van der Waals surface area contributed by atoms with Crippen molar-refractivity contribution in [1.82, 2.24) is 10.6 Å². The molecule has 0 unspecified atom stereocenters. The molecule has 0 bridgehead atoms. The van der Waals surface area contributed by atoms with Gasteiger partial charge >= 0.3 is 0 Å². The topological polar surface area (TPSA) is 54.9 Å². The molecule has 3 rings (SSSR count). The molecule has 7 heteroatoms. The highest BCUT2D eigenvalue weighted by Gasteiger charge is 2.34. The zero-order chi connectivity index (χ0) is 21.2. The molecule has 2 aromatic carbocycles. The van der Waals surface area contributed by atoms with E-state index in [2.05, 4.69) is 27.8 Å². The van der Waals surface area contributed by atoms with Crippen LogP contribution < -0.4 is 15.4 Å². The van der Waals surface area contributed by atoms with Crippen molar-refractivity contribution in [3.63, 3.8) is 0 Å². The van der Waals surface area contributed by atoms with Gasteiger partial charge in [-0.2, -0.15) is 0 Å². The van der Waals surface area contributed by atoms with Gasteiger partial charge in [0.15, 0.2) is 5.96 Å². The average molecular weight is 541 g/mol. The molecule has 170 valence electrons. The van der Waals surface area contributed by atoms with Gasteiger partial charge in [-0.3, -0.25) is 0 Å². The van der Waals surface area contributed by atoms with Gasteiger partial charge in [0.1, 0.15) is 11.6 Å². The summed E-state index contributed by atoms with van der Waals surface area (Å²) < 4.78 is 25.2. The molecule has 0 atom stereocenters. The molecule has 2 aromatic rings. The molecule has 0 radical (unpaired) electrons. The van der Waals surface area contributed by atoms with Gasteiger partial charge in [0, 0.05) is 37.3 Å². The van der Waals surface area contributed by atoms with E-state index >= 15 is 0 Å². The minimum absolute atomic E-state index is 0. The fourth-order valence-corrected chi connectivity index (χ4v) is 3.79. The fourth-order valence-electron chi connectivity index (χ4n) is 3.79. The number of benzene rings is 2. The molecule has 0 aromatic heterocycles. The van der Waals surface area contributed by atoms with Crippen molar-refractivity contribution in [3.05, 3.63) is 65.5 Å². The van der Waals surface area contributed by atoms with E-state index in [9.17, 15) is 4.39 Å². The normalized spacial score (nSPS) is 15.6. The van der Waals surface area contributed by atoms with Crippen molar-refractivity contribution < 1.29 is 13.9 Å². The first-order chi connectivity index (χ1) is 14.7. The van der Waals surface area contributed by atoms with Gasteiger partial charge in [-0.25, -0.2) is 9.38 Å². The number of guanidine groups is 1. The van der Waals surface area contributed by atoms with E-state index in [1.807, 2.05) is 32.0 Å².